The van der Waals surface area contributed by atoms with E-state index >= 15 is 0 Å². The molecule has 1 aromatic heterocycles. The van der Waals surface area contributed by atoms with E-state index in [2.05, 4.69) is 17.1 Å². The van der Waals surface area contributed by atoms with Crippen LogP contribution in [0, 0.1) is 0 Å². The summed E-state index contributed by atoms with van der Waals surface area (Å²) >= 11 is 0. The molecular formula is C23H29N5O4S. The molecule has 10 heteroatoms. The van der Waals surface area contributed by atoms with Crippen LogP contribution in [0.4, 0.5) is 16.3 Å². The Morgan fingerprint density at radius 2 is 2.00 bits per heavy atom. The van der Waals surface area contributed by atoms with Gasteiger partial charge in [0.05, 0.1) is 36.0 Å². The number of nitrogens with two attached hydrogens (primary N) is 1. The summed E-state index contributed by atoms with van der Waals surface area (Å²) < 4.78 is 31.1. The van der Waals surface area contributed by atoms with E-state index < -0.39 is 15.9 Å². The zero-order valence-electron chi connectivity index (χ0n) is 18.7. The van der Waals surface area contributed by atoms with Gasteiger partial charge in [-0.1, -0.05) is 0 Å². The van der Waals surface area contributed by atoms with E-state index in [1.807, 2.05) is 18.2 Å². The number of rotatable bonds is 7. The second kappa shape index (κ2) is 8.57. The molecule has 1 atom stereocenters. The van der Waals surface area contributed by atoms with Crippen molar-refractivity contribution in [2.45, 2.75) is 55.6 Å². The van der Waals surface area contributed by atoms with E-state index in [9.17, 15) is 13.2 Å². The number of carbonyl (C=O) groups excluding carboxylic acids is 1. The number of amides is 2. The second-order valence-corrected chi connectivity index (χ2v) is 11.5. The Labute approximate surface area is 193 Å². The van der Waals surface area contributed by atoms with E-state index in [0.717, 1.165) is 42.6 Å². The number of hydrogen-bond donors (Lipinski definition) is 2. The van der Waals surface area contributed by atoms with Gasteiger partial charge in [-0.2, -0.15) is 0 Å². The third-order valence-corrected chi connectivity index (χ3v) is 8.57. The predicted octanol–water partition coefficient (Wildman–Crippen LogP) is 2.81. The van der Waals surface area contributed by atoms with E-state index in [-0.39, 0.29) is 17.0 Å². The van der Waals surface area contributed by atoms with Crippen LogP contribution in [0.1, 0.15) is 49.8 Å². The quantitative estimate of drug-likeness (QED) is 0.635. The first-order valence-corrected chi connectivity index (χ1v) is 13.2. The van der Waals surface area contributed by atoms with Gasteiger partial charge in [0.2, 0.25) is 0 Å². The largest absolute Gasteiger partial charge is 0.377 e. The highest BCUT2D eigenvalue weighted by atomic mass is 32.2. The van der Waals surface area contributed by atoms with Gasteiger partial charge in [0.15, 0.2) is 15.7 Å². The molecule has 176 valence electrons. The Kier molecular flexibility index (Phi) is 5.74. The van der Waals surface area contributed by atoms with Crippen LogP contribution < -0.4 is 16.0 Å². The number of benzene rings is 1. The molecule has 1 aliphatic heterocycles. The summed E-state index contributed by atoms with van der Waals surface area (Å²) in [5.41, 5.74) is 8.34. The first kappa shape index (κ1) is 22.1. The standard InChI is InChI=1S/C23H29N5O4S/c1-14-12-32-9-8-28(14)21-11-17(13-33(30,31)18-5-6-18)25-22(27-21)19-7-4-16(26-23(24)29)10-20(19)15-2-3-15/h4,7,10-11,14-15,18H,2-3,5-6,8-9,12-13H2,1H3,(H3,24,26,29)/t14-/m0/s1. The average Bonchev–Trinajstić information content (AvgIpc) is 3.65. The van der Waals surface area contributed by atoms with E-state index in [1.54, 1.807) is 6.07 Å². The lowest BCUT2D eigenvalue weighted by Crippen LogP contribution is -2.44. The van der Waals surface area contributed by atoms with Crippen LogP contribution in [0.3, 0.4) is 0 Å². The normalized spacial score (nSPS) is 21.1. The zero-order chi connectivity index (χ0) is 23.2. The van der Waals surface area contributed by atoms with Crippen molar-refractivity contribution in [3.8, 4) is 11.4 Å². The molecule has 1 aromatic carbocycles. The lowest BCUT2D eigenvalue weighted by Gasteiger charge is -2.34. The number of nitrogens with zero attached hydrogens (tertiary/aromatic N) is 3. The molecule has 0 radical (unpaired) electrons. The monoisotopic (exact) mass is 471 g/mol. The maximum absolute atomic E-state index is 12.7. The lowest BCUT2D eigenvalue weighted by atomic mass is 10.0. The molecule has 5 rings (SSSR count). The summed E-state index contributed by atoms with van der Waals surface area (Å²) in [6.07, 6.45) is 3.56. The van der Waals surface area contributed by atoms with Crippen molar-refractivity contribution in [1.29, 1.82) is 0 Å². The van der Waals surface area contributed by atoms with Crippen molar-refractivity contribution in [1.82, 2.24) is 9.97 Å². The highest BCUT2D eigenvalue weighted by Crippen LogP contribution is 2.45. The summed E-state index contributed by atoms with van der Waals surface area (Å²) in [4.78, 5) is 23.1. The summed E-state index contributed by atoms with van der Waals surface area (Å²) in [5.74, 6) is 1.51. The molecule has 2 heterocycles. The fourth-order valence-electron chi connectivity index (χ4n) is 4.36. The van der Waals surface area contributed by atoms with Gasteiger partial charge in [-0.25, -0.2) is 23.2 Å². The Morgan fingerprint density at radius 1 is 1.21 bits per heavy atom. The van der Waals surface area contributed by atoms with Crippen molar-refractivity contribution in [3.63, 3.8) is 0 Å². The first-order valence-electron chi connectivity index (χ1n) is 11.4. The number of hydrogen-bond acceptors (Lipinski definition) is 7. The highest BCUT2D eigenvalue weighted by molar-refractivity contribution is 7.91. The van der Waals surface area contributed by atoms with Gasteiger partial charge in [-0.15, -0.1) is 0 Å². The summed E-state index contributed by atoms with van der Waals surface area (Å²) in [5, 5.41) is 2.39. The number of anilines is 2. The Bertz CT molecular complexity index is 1180. The third-order valence-electron chi connectivity index (χ3n) is 6.39. The van der Waals surface area contributed by atoms with Crippen LogP contribution in [0.2, 0.25) is 0 Å². The Morgan fingerprint density at radius 3 is 2.67 bits per heavy atom. The van der Waals surface area contributed by atoms with Crippen molar-refractivity contribution in [2.75, 3.05) is 30.0 Å². The summed E-state index contributed by atoms with van der Waals surface area (Å²) in [6.45, 7) is 3.95. The van der Waals surface area contributed by atoms with Crippen LogP contribution >= 0.6 is 0 Å². The molecule has 2 aliphatic carbocycles. The Balaban J connectivity index is 1.58. The fourth-order valence-corrected chi connectivity index (χ4v) is 6.01. The van der Waals surface area contributed by atoms with Crippen molar-refractivity contribution in [2.24, 2.45) is 5.73 Å². The number of carbonyl (C=O) groups is 1. The topological polar surface area (TPSA) is 128 Å². The SMILES string of the molecule is C[C@H]1COCCN1c1cc(CS(=O)(=O)C2CC2)nc(-c2ccc(NC(N)=O)cc2C2CC2)n1. The van der Waals surface area contributed by atoms with E-state index in [1.165, 1.54) is 0 Å². The van der Waals surface area contributed by atoms with E-state index in [4.69, 9.17) is 20.4 Å². The maximum atomic E-state index is 12.7. The number of morpholine rings is 1. The van der Waals surface area contributed by atoms with Gasteiger partial charge in [0, 0.05) is 23.9 Å². The molecule has 33 heavy (non-hydrogen) atoms. The third kappa shape index (κ3) is 4.96. The lowest BCUT2D eigenvalue weighted by molar-refractivity contribution is 0.0985. The number of sulfone groups is 1. The van der Waals surface area contributed by atoms with Gasteiger partial charge in [-0.05, 0) is 62.3 Å². The Hall–Kier alpha value is -2.72. The zero-order valence-corrected chi connectivity index (χ0v) is 19.5. The number of ether oxygens (including phenoxy) is 1. The number of nitrogens with one attached hydrogen (secondary N) is 1. The molecule has 2 amide bonds. The first-order chi connectivity index (χ1) is 15.8. The molecule has 3 aliphatic rings. The van der Waals surface area contributed by atoms with Gasteiger partial charge in [-0.3, -0.25) is 0 Å². The van der Waals surface area contributed by atoms with Crippen LogP contribution in [-0.4, -0.2) is 55.5 Å². The molecule has 3 fully saturated rings. The summed E-state index contributed by atoms with van der Waals surface area (Å²) in [7, 11) is -3.23. The molecule has 3 N–H and O–H groups in total. The van der Waals surface area contributed by atoms with Crippen molar-refractivity contribution >= 4 is 27.4 Å². The molecule has 0 bridgehead atoms. The molecular weight excluding hydrogens is 442 g/mol. The predicted molar refractivity (Wildman–Crippen MR) is 126 cm³/mol. The van der Waals surface area contributed by atoms with Crippen LogP contribution in [0.25, 0.3) is 11.4 Å². The molecule has 2 aromatic rings. The van der Waals surface area contributed by atoms with Crippen molar-refractivity contribution < 1.29 is 17.9 Å². The molecule has 0 unspecified atom stereocenters. The average molecular weight is 472 g/mol. The molecule has 2 saturated carbocycles. The van der Waals surface area contributed by atoms with Crippen molar-refractivity contribution in [3.05, 3.63) is 35.5 Å². The van der Waals surface area contributed by atoms with Gasteiger partial charge >= 0.3 is 6.03 Å². The van der Waals surface area contributed by atoms with Gasteiger partial charge in [0.1, 0.15) is 5.82 Å². The van der Waals surface area contributed by atoms with Crippen LogP contribution in [0.15, 0.2) is 24.3 Å². The minimum absolute atomic E-state index is 0.0843. The minimum Gasteiger partial charge on any atom is -0.377 e. The minimum atomic E-state index is -3.23. The van der Waals surface area contributed by atoms with E-state index in [0.29, 0.717) is 42.9 Å². The smallest absolute Gasteiger partial charge is 0.316 e. The maximum Gasteiger partial charge on any atom is 0.316 e. The second-order valence-electron chi connectivity index (χ2n) is 9.23. The molecule has 9 nitrogen and oxygen atoms in total. The number of aromatic nitrogens is 2. The van der Waals surface area contributed by atoms with Gasteiger partial charge in [0.25, 0.3) is 0 Å². The summed E-state index contributed by atoms with van der Waals surface area (Å²) in [6, 6.07) is 6.91. The fraction of sp³-hybridized carbons (Fsp3) is 0.522. The molecule has 1 saturated heterocycles. The van der Waals surface area contributed by atoms with Gasteiger partial charge < -0.3 is 20.7 Å². The molecule has 0 spiro atoms. The number of urea groups is 1. The number of primary amides is 1. The van der Waals surface area contributed by atoms with Crippen LogP contribution in [-0.2, 0) is 20.3 Å². The van der Waals surface area contributed by atoms with Crippen LogP contribution in [0.5, 0.6) is 0 Å². The highest BCUT2D eigenvalue weighted by Gasteiger charge is 2.36.